The van der Waals surface area contributed by atoms with Crippen molar-refractivity contribution in [2.75, 3.05) is 14.2 Å². The van der Waals surface area contributed by atoms with Crippen molar-refractivity contribution in [1.29, 1.82) is 0 Å². The summed E-state index contributed by atoms with van der Waals surface area (Å²) in [5.41, 5.74) is 1.14. The van der Waals surface area contributed by atoms with Crippen LogP contribution in [0.2, 0.25) is 0 Å². The van der Waals surface area contributed by atoms with Crippen LogP contribution in [0.25, 0.3) is 0 Å². The Labute approximate surface area is 188 Å². The molecule has 0 spiro atoms. The van der Waals surface area contributed by atoms with Gasteiger partial charge in [0.25, 0.3) is 0 Å². The molecule has 0 aliphatic carbocycles. The molecule has 29 heavy (non-hydrogen) atoms. The number of carbonyl (C=O) groups excluding carboxylic acids is 1. The Kier molecular flexibility index (Phi) is 8.70. The quantitative estimate of drug-likeness (QED) is 0.464. The zero-order valence-corrected chi connectivity index (χ0v) is 19.2. The fourth-order valence-electron chi connectivity index (χ4n) is 2.72. The van der Waals surface area contributed by atoms with E-state index in [2.05, 4.69) is 10.1 Å². The minimum atomic E-state index is -2.40. The summed E-state index contributed by atoms with van der Waals surface area (Å²) in [6, 6.07) is 19.6. The van der Waals surface area contributed by atoms with E-state index in [1.165, 1.54) is 25.8 Å². The number of nitrogens with zero attached hydrogens (tertiary/aromatic N) is 1. The third-order valence-electron chi connectivity index (χ3n) is 4.01. The number of esters is 1. The highest BCUT2D eigenvalue weighted by Gasteiger charge is 2.51. The predicted molar refractivity (Wildman–Crippen MR) is 122 cm³/mol. The molecule has 1 N–H and O–H groups in total. The highest BCUT2D eigenvalue weighted by molar-refractivity contribution is 8.26. The van der Waals surface area contributed by atoms with E-state index in [0.717, 1.165) is 28.1 Å². The van der Waals surface area contributed by atoms with Crippen LogP contribution in [-0.2, 0) is 15.1 Å². The van der Waals surface area contributed by atoms with E-state index in [4.69, 9.17) is 28.2 Å². The van der Waals surface area contributed by atoms with Crippen LogP contribution in [0.15, 0.2) is 65.7 Å². The van der Waals surface area contributed by atoms with Crippen LogP contribution in [0.5, 0.6) is 0 Å². The Morgan fingerprint density at radius 2 is 1.62 bits per heavy atom. The predicted octanol–water partition coefficient (Wildman–Crippen LogP) is 5.55. The van der Waals surface area contributed by atoms with Crippen molar-refractivity contribution < 1.29 is 13.9 Å². The fourth-order valence-corrected chi connectivity index (χ4v) is 6.19. The van der Waals surface area contributed by atoms with Crippen LogP contribution < -0.4 is 5.32 Å². The van der Waals surface area contributed by atoms with E-state index in [0.29, 0.717) is 0 Å². The molecular weight excluding hydrogens is 454 g/mol. The average Bonchev–Trinajstić information content (AvgIpc) is 3.07. The molecule has 1 unspecified atom stereocenters. The summed E-state index contributed by atoms with van der Waals surface area (Å²) in [6.45, 7) is 1.36. The summed E-state index contributed by atoms with van der Waals surface area (Å²) >= 11 is 13.6. The van der Waals surface area contributed by atoms with Crippen molar-refractivity contribution in [1.82, 2.24) is 5.32 Å². The van der Waals surface area contributed by atoms with Crippen LogP contribution >= 0.6 is 46.7 Å². The first kappa shape index (κ1) is 23.9. The second-order valence-electron chi connectivity index (χ2n) is 5.87. The largest absolute Gasteiger partial charge is 0.469 e. The van der Waals surface area contributed by atoms with Crippen molar-refractivity contribution >= 4 is 57.9 Å². The number of alkyl halides is 3. The number of nitrogens with one attached hydrogen (secondary N) is 1. The number of thioether (sulfide) groups is 2. The molecule has 0 saturated heterocycles. The normalized spacial score (nSPS) is 17.6. The van der Waals surface area contributed by atoms with Gasteiger partial charge in [-0.15, -0.1) is 0 Å². The minimum absolute atomic E-state index is 0.245. The van der Waals surface area contributed by atoms with E-state index in [-0.39, 0.29) is 10.6 Å². The summed E-state index contributed by atoms with van der Waals surface area (Å²) in [7, 11) is 3.14. The Hall–Kier alpha value is -1.41. The lowest BCUT2D eigenvalue weighted by molar-refractivity contribution is -0.137. The standard InChI is InChI=1S/C17H15Cl2FN2S2.C3H6O2/c1-21-15-22-16(12-8-4-2-5-9-12,13-10-6-3-7-11-13)14(23-15)24-17(18,19)20;1-3(4)5-2/h2-11,14H,1H3,(H,21,22);1-2H3. The van der Waals surface area contributed by atoms with E-state index in [9.17, 15) is 9.18 Å². The Bertz CT molecular complexity index is 794. The average molecular weight is 475 g/mol. The molecule has 2 aromatic carbocycles. The van der Waals surface area contributed by atoms with Gasteiger partial charge in [-0.1, -0.05) is 107 Å². The molecule has 1 heterocycles. The summed E-state index contributed by atoms with van der Waals surface area (Å²) in [5.74, 6) is -0.245. The molecule has 1 atom stereocenters. The first-order valence-electron chi connectivity index (χ1n) is 8.57. The molecule has 156 valence electrons. The van der Waals surface area contributed by atoms with Crippen LogP contribution in [0.1, 0.15) is 18.1 Å². The van der Waals surface area contributed by atoms with Crippen molar-refractivity contribution in [2.45, 2.75) is 21.0 Å². The maximum atomic E-state index is 14.1. The molecule has 0 fully saturated rings. The first-order chi connectivity index (χ1) is 13.7. The number of carbonyl (C=O) groups is 1. The van der Waals surface area contributed by atoms with Gasteiger partial charge in [-0.3, -0.25) is 4.79 Å². The molecule has 0 aromatic heterocycles. The van der Waals surface area contributed by atoms with Gasteiger partial charge in [-0.05, 0) is 11.1 Å². The maximum Gasteiger partial charge on any atom is 0.306 e. The molecule has 0 bridgehead atoms. The molecule has 2 aromatic rings. The number of aliphatic imine (C=N–C) groups is 1. The van der Waals surface area contributed by atoms with Crippen LogP contribution in [-0.4, -0.2) is 33.8 Å². The Morgan fingerprint density at radius 3 is 1.97 bits per heavy atom. The van der Waals surface area contributed by atoms with Gasteiger partial charge in [0.1, 0.15) is 5.54 Å². The number of hydrogen-bond acceptors (Lipinski definition) is 6. The van der Waals surface area contributed by atoms with Crippen LogP contribution in [0.4, 0.5) is 4.39 Å². The molecular formula is C20H21Cl2FN2O2S2. The summed E-state index contributed by atoms with van der Waals surface area (Å²) in [4.78, 5) is 14.5. The lowest BCUT2D eigenvalue weighted by Crippen LogP contribution is -2.33. The summed E-state index contributed by atoms with van der Waals surface area (Å²) in [5, 5.41) is 3.79. The SMILES string of the molecule is CNC1=NC(c2ccccc2)(c2ccccc2)C(SC(F)(Cl)Cl)S1.COC(C)=O. The molecule has 0 radical (unpaired) electrons. The Morgan fingerprint density at radius 1 is 1.17 bits per heavy atom. The zero-order valence-electron chi connectivity index (χ0n) is 16.1. The fraction of sp³-hybridized carbons (Fsp3) is 0.300. The number of hydrogen-bond donors (Lipinski definition) is 1. The molecule has 0 saturated carbocycles. The number of methoxy groups -OCH3 is 1. The Balaban J connectivity index is 0.000000537. The molecule has 1 aliphatic rings. The molecule has 3 rings (SSSR count). The highest BCUT2D eigenvalue weighted by Crippen LogP contribution is 2.56. The number of rotatable bonds is 4. The number of amidine groups is 1. The topological polar surface area (TPSA) is 50.7 Å². The van der Waals surface area contributed by atoms with Gasteiger partial charge in [-0.2, -0.15) is 4.39 Å². The number of ether oxygens (including phenoxy) is 1. The second kappa shape index (κ2) is 10.6. The van der Waals surface area contributed by atoms with Crippen molar-refractivity contribution in [3.8, 4) is 0 Å². The molecule has 0 amide bonds. The van der Waals surface area contributed by atoms with E-state index in [1.807, 2.05) is 60.7 Å². The smallest absolute Gasteiger partial charge is 0.306 e. The van der Waals surface area contributed by atoms with Gasteiger partial charge >= 0.3 is 9.89 Å². The van der Waals surface area contributed by atoms with Gasteiger partial charge in [0.15, 0.2) is 5.17 Å². The number of halogens is 3. The third-order valence-corrected chi connectivity index (χ3v) is 7.02. The van der Waals surface area contributed by atoms with E-state index >= 15 is 0 Å². The summed E-state index contributed by atoms with van der Waals surface area (Å²) in [6.07, 6.45) is 0. The van der Waals surface area contributed by atoms with Crippen LogP contribution in [0, 0.1) is 0 Å². The van der Waals surface area contributed by atoms with Gasteiger partial charge in [0, 0.05) is 14.0 Å². The lowest BCUT2D eigenvalue weighted by atomic mass is 9.85. The van der Waals surface area contributed by atoms with Gasteiger partial charge in [0.05, 0.1) is 11.7 Å². The third kappa shape index (κ3) is 6.28. The lowest BCUT2D eigenvalue weighted by Gasteiger charge is -2.34. The van der Waals surface area contributed by atoms with E-state index in [1.54, 1.807) is 7.05 Å². The molecule has 4 nitrogen and oxygen atoms in total. The monoisotopic (exact) mass is 474 g/mol. The van der Waals surface area contributed by atoms with Crippen LogP contribution in [0.3, 0.4) is 0 Å². The van der Waals surface area contributed by atoms with Gasteiger partial charge < -0.3 is 10.1 Å². The highest BCUT2D eigenvalue weighted by atomic mass is 35.5. The second-order valence-corrected chi connectivity index (χ2v) is 10.2. The summed E-state index contributed by atoms with van der Waals surface area (Å²) < 4.78 is 15.4. The number of benzene rings is 2. The molecule has 1 aliphatic heterocycles. The molecule has 9 heteroatoms. The zero-order chi connectivity index (χ0) is 21.5. The van der Waals surface area contributed by atoms with Crippen molar-refractivity contribution in [3.05, 3.63) is 71.8 Å². The minimum Gasteiger partial charge on any atom is -0.469 e. The van der Waals surface area contributed by atoms with Gasteiger partial charge in [0.2, 0.25) is 0 Å². The maximum absolute atomic E-state index is 14.1. The van der Waals surface area contributed by atoms with Gasteiger partial charge in [-0.25, -0.2) is 4.99 Å². The van der Waals surface area contributed by atoms with Crippen molar-refractivity contribution in [2.24, 2.45) is 4.99 Å². The van der Waals surface area contributed by atoms with Crippen molar-refractivity contribution in [3.63, 3.8) is 0 Å². The first-order valence-corrected chi connectivity index (χ1v) is 11.1. The van der Waals surface area contributed by atoms with E-state index < -0.39 is 9.46 Å².